The fraction of sp³-hybridized carbons (Fsp3) is 0.429. The number of aromatic nitrogens is 3. The molecule has 1 aromatic heterocycles. The van der Waals surface area contributed by atoms with Gasteiger partial charge in [0.15, 0.2) is 5.82 Å². The van der Waals surface area contributed by atoms with E-state index >= 15 is 0 Å². The molecule has 3 aliphatic rings. The second-order valence-corrected chi connectivity index (χ2v) is 9.91. The molecule has 39 heavy (non-hydrogen) atoms. The summed E-state index contributed by atoms with van der Waals surface area (Å²) in [5.74, 6) is 2.24. The van der Waals surface area contributed by atoms with Crippen LogP contribution in [0.1, 0.15) is 12.0 Å². The summed E-state index contributed by atoms with van der Waals surface area (Å²) in [6.07, 6.45) is 2.46. The summed E-state index contributed by atoms with van der Waals surface area (Å²) in [6.45, 7) is 7.33. The average Bonchev–Trinajstić information content (AvgIpc) is 3.46. The Balaban J connectivity index is 1.15. The number of piperazine rings is 1. The van der Waals surface area contributed by atoms with Gasteiger partial charge in [0.2, 0.25) is 5.95 Å². The van der Waals surface area contributed by atoms with E-state index in [2.05, 4.69) is 47.5 Å². The van der Waals surface area contributed by atoms with E-state index in [1.54, 1.807) is 13.2 Å². The maximum atomic E-state index is 9.70. The quantitative estimate of drug-likeness (QED) is 0.448. The molecule has 0 aliphatic carbocycles. The summed E-state index contributed by atoms with van der Waals surface area (Å²) < 4.78 is 17.1. The first kappa shape index (κ1) is 25.3. The van der Waals surface area contributed by atoms with E-state index in [0.29, 0.717) is 29.1 Å². The van der Waals surface area contributed by atoms with Crippen LogP contribution in [-0.4, -0.2) is 91.6 Å². The van der Waals surface area contributed by atoms with E-state index in [0.717, 1.165) is 81.6 Å². The Bertz CT molecular complexity index is 1340. The highest BCUT2D eigenvalue weighted by Crippen LogP contribution is 2.33. The molecule has 3 aliphatic heterocycles. The normalized spacial score (nSPS) is 19.8. The van der Waals surface area contributed by atoms with Crippen molar-refractivity contribution in [1.29, 1.82) is 5.26 Å². The number of ether oxygens (including phenoxy) is 3. The first-order valence-electron chi connectivity index (χ1n) is 13.3. The Labute approximate surface area is 227 Å². The molecular formula is C28H32N8O3. The summed E-state index contributed by atoms with van der Waals surface area (Å²) in [4.78, 5) is 18.1. The SMILES string of the molecule is COc1cc(Nc2ncnc(-c3ccc(O[C@@H]4CCNC4)c(C#N)c3)n2)ccc1N1CCN(C2COC2)CC1. The first-order chi connectivity index (χ1) is 19.2. The number of nitrogens with one attached hydrogen (secondary N) is 2. The molecule has 0 radical (unpaired) electrons. The van der Waals surface area contributed by atoms with Crippen molar-refractivity contribution in [1.82, 2.24) is 25.2 Å². The second kappa shape index (κ2) is 11.4. The number of rotatable bonds is 8. The van der Waals surface area contributed by atoms with E-state index in [-0.39, 0.29) is 6.10 Å². The zero-order chi connectivity index (χ0) is 26.6. The lowest BCUT2D eigenvalue weighted by Gasteiger charge is -2.43. The third kappa shape index (κ3) is 5.59. The highest BCUT2D eigenvalue weighted by Gasteiger charge is 2.29. The number of nitriles is 1. The molecule has 1 atom stereocenters. The van der Waals surface area contributed by atoms with E-state index in [4.69, 9.17) is 14.2 Å². The van der Waals surface area contributed by atoms with Crippen LogP contribution in [0.4, 0.5) is 17.3 Å². The lowest BCUT2D eigenvalue weighted by molar-refractivity contribution is -0.0660. The van der Waals surface area contributed by atoms with Crippen LogP contribution < -0.4 is 25.0 Å². The van der Waals surface area contributed by atoms with Crippen molar-refractivity contribution in [2.24, 2.45) is 0 Å². The molecule has 202 valence electrons. The lowest BCUT2D eigenvalue weighted by Crippen LogP contribution is -2.56. The van der Waals surface area contributed by atoms with E-state index < -0.39 is 0 Å². The number of benzene rings is 2. The molecule has 4 heterocycles. The number of methoxy groups -OCH3 is 1. The fourth-order valence-electron chi connectivity index (χ4n) is 5.17. The number of anilines is 3. The molecule has 2 aromatic carbocycles. The molecule has 0 amide bonds. The van der Waals surface area contributed by atoms with Gasteiger partial charge < -0.3 is 29.7 Å². The third-order valence-electron chi connectivity index (χ3n) is 7.47. The Morgan fingerprint density at radius 3 is 2.67 bits per heavy atom. The minimum Gasteiger partial charge on any atom is -0.495 e. The summed E-state index contributed by atoms with van der Waals surface area (Å²) in [5.41, 5.74) is 3.05. The van der Waals surface area contributed by atoms with Crippen LogP contribution in [0.2, 0.25) is 0 Å². The van der Waals surface area contributed by atoms with Gasteiger partial charge in [-0.3, -0.25) is 4.90 Å². The lowest BCUT2D eigenvalue weighted by atomic mass is 10.1. The van der Waals surface area contributed by atoms with E-state index in [1.807, 2.05) is 24.3 Å². The predicted octanol–water partition coefficient (Wildman–Crippen LogP) is 2.42. The van der Waals surface area contributed by atoms with Gasteiger partial charge in [0, 0.05) is 50.0 Å². The van der Waals surface area contributed by atoms with Crippen molar-refractivity contribution in [3.8, 4) is 29.0 Å². The molecule has 0 spiro atoms. The molecule has 11 nitrogen and oxygen atoms in total. The molecule has 3 aromatic rings. The molecule has 11 heteroatoms. The zero-order valence-corrected chi connectivity index (χ0v) is 22.0. The minimum atomic E-state index is 0.0753. The van der Waals surface area contributed by atoms with Gasteiger partial charge in [0.25, 0.3) is 0 Å². The maximum Gasteiger partial charge on any atom is 0.230 e. The number of hydrogen-bond donors (Lipinski definition) is 2. The molecule has 3 saturated heterocycles. The summed E-state index contributed by atoms with van der Waals surface area (Å²) in [6, 6.07) is 14.3. The van der Waals surface area contributed by atoms with E-state index in [1.165, 1.54) is 6.33 Å². The van der Waals surface area contributed by atoms with Gasteiger partial charge in [-0.1, -0.05) is 0 Å². The zero-order valence-electron chi connectivity index (χ0n) is 22.0. The third-order valence-corrected chi connectivity index (χ3v) is 7.47. The largest absolute Gasteiger partial charge is 0.495 e. The van der Waals surface area contributed by atoms with Crippen LogP contribution in [0.5, 0.6) is 11.5 Å². The van der Waals surface area contributed by atoms with Crippen molar-refractivity contribution in [3.05, 3.63) is 48.3 Å². The number of hydrogen-bond acceptors (Lipinski definition) is 11. The van der Waals surface area contributed by atoms with Crippen molar-refractivity contribution in [2.75, 3.05) is 69.8 Å². The molecule has 0 bridgehead atoms. The smallest absolute Gasteiger partial charge is 0.230 e. The molecular weight excluding hydrogens is 496 g/mol. The molecule has 2 N–H and O–H groups in total. The van der Waals surface area contributed by atoms with Crippen LogP contribution in [0.25, 0.3) is 11.4 Å². The van der Waals surface area contributed by atoms with Gasteiger partial charge in [-0.25, -0.2) is 9.97 Å². The minimum absolute atomic E-state index is 0.0753. The second-order valence-electron chi connectivity index (χ2n) is 9.91. The van der Waals surface area contributed by atoms with Crippen LogP contribution in [0.3, 0.4) is 0 Å². The Morgan fingerprint density at radius 2 is 1.95 bits per heavy atom. The maximum absolute atomic E-state index is 9.70. The fourth-order valence-corrected chi connectivity index (χ4v) is 5.17. The molecule has 0 unspecified atom stereocenters. The number of nitrogens with zero attached hydrogens (tertiary/aromatic N) is 6. The van der Waals surface area contributed by atoms with Crippen molar-refractivity contribution < 1.29 is 14.2 Å². The van der Waals surface area contributed by atoms with Crippen LogP contribution in [-0.2, 0) is 4.74 Å². The first-order valence-corrected chi connectivity index (χ1v) is 13.3. The molecule has 6 rings (SSSR count). The summed E-state index contributed by atoms with van der Waals surface area (Å²) in [5, 5.41) is 16.2. The van der Waals surface area contributed by atoms with Crippen LogP contribution in [0.15, 0.2) is 42.7 Å². The van der Waals surface area contributed by atoms with Gasteiger partial charge in [-0.05, 0) is 43.3 Å². The van der Waals surface area contributed by atoms with Crippen molar-refractivity contribution >= 4 is 17.3 Å². The van der Waals surface area contributed by atoms with Crippen molar-refractivity contribution in [2.45, 2.75) is 18.6 Å². The topological polar surface area (TPSA) is 121 Å². The van der Waals surface area contributed by atoms with Gasteiger partial charge in [0.05, 0.1) is 37.6 Å². The van der Waals surface area contributed by atoms with E-state index in [9.17, 15) is 5.26 Å². The van der Waals surface area contributed by atoms with Crippen LogP contribution in [0, 0.1) is 11.3 Å². The standard InChI is InChI=1S/C28H32N8O3/c1-37-26-13-21(3-4-24(26)36-10-8-35(9-11-36)22-16-38-17-22)33-28-32-18-31-27(34-28)19-2-5-25(20(12-19)14-29)39-23-6-7-30-15-23/h2-5,12-13,18,22-23,30H,6-11,15-17H2,1H3,(H,31,32,33,34)/t23-/m1/s1. The molecule has 0 saturated carbocycles. The average molecular weight is 529 g/mol. The Hall–Kier alpha value is -3.98. The van der Waals surface area contributed by atoms with Gasteiger partial charge in [-0.2, -0.15) is 10.2 Å². The van der Waals surface area contributed by atoms with Gasteiger partial charge in [0.1, 0.15) is 30.0 Å². The predicted molar refractivity (Wildman–Crippen MR) is 147 cm³/mol. The van der Waals surface area contributed by atoms with Gasteiger partial charge in [-0.15, -0.1) is 0 Å². The summed E-state index contributed by atoms with van der Waals surface area (Å²) in [7, 11) is 1.69. The van der Waals surface area contributed by atoms with Crippen molar-refractivity contribution in [3.63, 3.8) is 0 Å². The molecule has 3 fully saturated rings. The summed E-state index contributed by atoms with van der Waals surface area (Å²) >= 11 is 0. The Kier molecular flexibility index (Phi) is 7.40. The Morgan fingerprint density at radius 1 is 1.08 bits per heavy atom. The highest BCUT2D eigenvalue weighted by molar-refractivity contribution is 5.68. The monoisotopic (exact) mass is 528 g/mol. The highest BCUT2D eigenvalue weighted by atomic mass is 16.5. The van der Waals surface area contributed by atoms with Gasteiger partial charge >= 0.3 is 0 Å². The van der Waals surface area contributed by atoms with Crippen LogP contribution >= 0.6 is 0 Å².